The van der Waals surface area contributed by atoms with Crippen LogP contribution in [0.3, 0.4) is 0 Å². The first-order valence-electron chi connectivity index (χ1n) is 9.91. The normalized spacial score (nSPS) is 14.0. The van der Waals surface area contributed by atoms with Gasteiger partial charge in [0.05, 0.1) is 22.7 Å². The quantitative estimate of drug-likeness (QED) is 0.658. The summed E-state index contributed by atoms with van der Waals surface area (Å²) in [5, 5.41) is 2.76. The van der Waals surface area contributed by atoms with E-state index in [4.69, 9.17) is 0 Å². The standard InChI is InChI=1S/C22H21FN4O3S/c23-17-4-1-15(2-5-17)11-20-25-18(14-31-20)12-21(29)26-7-9-27(10-8-26)22(30)16-3-6-19(28)24-13-16/h1-6,13-14H,7-12H2,(H,24,28). The van der Waals surface area contributed by atoms with Gasteiger partial charge in [0.15, 0.2) is 0 Å². The van der Waals surface area contributed by atoms with Crippen molar-refractivity contribution in [1.29, 1.82) is 0 Å². The number of piperazine rings is 1. The predicted molar refractivity (Wildman–Crippen MR) is 115 cm³/mol. The zero-order chi connectivity index (χ0) is 21.8. The molecule has 2 aromatic heterocycles. The summed E-state index contributed by atoms with van der Waals surface area (Å²) >= 11 is 1.49. The van der Waals surface area contributed by atoms with Crippen molar-refractivity contribution in [2.24, 2.45) is 0 Å². The molecule has 1 aliphatic heterocycles. The number of carbonyl (C=O) groups is 2. The number of aromatic nitrogens is 2. The second kappa shape index (κ2) is 9.22. The number of carbonyl (C=O) groups excluding carboxylic acids is 2. The lowest BCUT2D eigenvalue weighted by atomic mass is 10.1. The number of hydrogen-bond donors (Lipinski definition) is 1. The summed E-state index contributed by atoms with van der Waals surface area (Å²) in [6, 6.07) is 9.14. The highest BCUT2D eigenvalue weighted by atomic mass is 32.1. The van der Waals surface area contributed by atoms with Crippen molar-refractivity contribution in [3.05, 3.63) is 86.0 Å². The molecule has 160 valence electrons. The Hall–Kier alpha value is -3.33. The molecule has 3 heterocycles. The van der Waals surface area contributed by atoms with Gasteiger partial charge in [0.25, 0.3) is 5.91 Å². The van der Waals surface area contributed by atoms with Crippen LogP contribution in [0.25, 0.3) is 0 Å². The van der Waals surface area contributed by atoms with Gasteiger partial charge in [0.2, 0.25) is 11.5 Å². The van der Waals surface area contributed by atoms with Crippen LogP contribution in [0.15, 0.2) is 52.8 Å². The predicted octanol–water partition coefficient (Wildman–Crippen LogP) is 2.09. The van der Waals surface area contributed by atoms with Gasteiger partial charge in [-0.25, -0.2) is 9.37 Å². The molecule has 0 saturated carbocycles. The van der Waals surface area contributed by atoms with Crippen LogP contribution in [0.5, 0.6) is 0 Å². The van der Waals surface area contributed by atoms with Crippen LogP contribution in [0.2, 0.25) is 0 Å². The Balaban J connectivity index is 1.28. The first-order valence-corrected chi connectivity index (χ1v) is 10.8. The summed E-state index contributed by atoms with van der Waals surface area (Å²) < 4.78 is 13.0. The van der Waals surface area contributed by atoms with Crippen LogP contribution in [0.4, 0.5) is 4.39 Å². The fourth-order valence-electron chi connectivity index (χ4n) is 3.44. The molecule has 4 rings (SSSR count). The number of thiazole rings is 1. The number of halogens is 1. The van der Waals surface area contributed by atoms with Crippen molar-refractivity contribution in [3.8, 4) is 0 Å². The minimum Gasteiger partial charge on any atom is -0.339 e. The van der Waals surface area contributed by atoms with Gasteiger partial charge < -0.3 is 14.8 Å². The Kier molecular flexibility index (Phi) is 6.22. The third-order valence-corrected chi connectivity index (χ3v) is 6.05. The summed E-state index contributed by atoms with van der Waals surface area (Å²) in [6.45, 7) is 1.80. The van der Waals surface area contributed by atoms with E-state index in [9.17, 15) is 18.8 Å². The van der Waals surface area contributed by atoms with Crippen LogP contribution >= 0.6 is 11.3 Å². The summed E-state index contributed by atoms with van der Waals surface area (Å²) in [5.74, 6) is -0.447. The van der Waals surface area contributed by atoms with E-state index in [2.05, 4.69) is 9.97 Å². The smallest absolute Gasteiger partial charge is 0.255 e. The highest BCUT2D eigenvalue weighted by Crippen LogP contribution is 2.17. The van der Waals surface area contributed by atoms with E-state index in [1.807, 2.05) is 5.38 Å². The van der Waals surface area contributed by atoms with Crippen LogP contribution in [0, 0.1) is 5.82 Å². The molecule has 0 atom stereocenters. The highest BCUT2D eigenvalue weighted by molar-refractivity contribution is 7.09. The van der Waals surface area contributed by atoms with E-state index < -0.39 is 0 Å². The Labute approximate surface area is 182 Å². The third kappa shape index (κ3) is 5.24. The molecule has 0 unspecified atom stereocenters. The van der Waals surface area contributed by atoms with Gasteiger partial charge in [0.1, 0.15) is 5.82 Å². The number of rotatable bonds is 5. The SMILES string of the molecule is O=C(Cc1csc(Cc2ccc(F)cc2)n1)N1CCN(C(=O)c2ccc(=O)[nH]c2)CC1. The van der Waals surface area contributed by atoms with Crippen molar-refractivity contribution >= 4 is 23.2 Å². The molecule has 0 aliphatic carbocycles. The average molecular weight is 441 g/mol. The monoisotopic (exact) mass is 440 g/mol. The topological polar surface area (TPSA) is 86.4 Å². The molecule has 1 N–H and O–H groups in total. The molecule has 1 saturated heterocycles. The van der Waals surface area contributed by atoms with Gasteiger partial charge in [-0.15, -0.1) is 11.3 Å². The molecule has 1 fully saturated rings. The molecule has 3 aromatic rings. The minimum atomic E-state index is -0.269. The molecular formula is C22H21FN4O3S. The van der Waals surface area contributed by atoms with Gasteiger partial charge >= 0.3 is 0 Å². The van der Waals surface area contributed by atoms with E-state index in [-0.39, 0.29) is 29.6 Å². The number of benzene rings is 1. The minimum absolute atomic E-state index is 0.0187. The first kappa shape index (κ1) is 20.9. The van der Waals surface area contributed by atoms with Crippen molar-refractivity contribution in [3.63, 3.8) is 0 Å². The Morgan fingerprint density at radius 2 is 1.74 bits per heavy atom. The summed E-state index contributed by atoms with van der Waals surface area (Å²) in [6.07, 6.45) is 2.23. The number of hydrogen-bond acceptors (Lipinski definition) is 5. The number of amides is 2. The van der Waals surface area contributed by atoms with Crippen LogP contribution in [0.1, 0.15) is 26.6 Å². The number of nitrogens with one attached hydrogen (secondary N) is 1. The number of aromatic amines is 1. The van der Waals surface area contributed by atoms with Crippen molar-refractivity contribution in [1.82, 2.24) is 19.8 Å². The van der Waals surface area contributed by atoms with E-state index in [1.165, 1.54) is 41.8 Å². The average Bonchev–Trinajstić information content (AvgIpc) is 3.22. The first-order chi connectivity index (χ1) is 15.0. The van der Waals surface area contributed by atoms with Gasteiger partial charge in [-0.1, -0.05) is 12.1 Å². The van der Waals surface area contributed by atoms with Crippen molar-refractivity contribution in [2.75, 3.05) is 26.2 Å². The van der Waals surface area contributed by atoms with Crippen molar-refractivity contribution in [2.45, 2.75) is 12.8 Å². The number of nitrogens with zero attached hydrogens (tertiary/aromatic N) is 3. The largest absolute Gasteiger partial charge is 0.339 e. The molecule has 0 bridgehead atoms. The fourth-order valence-corrected chi connectivity index (χ4v) is 4.27. The van der Waals surface area contributed by atoms with Gasteiger partial charge in [0, 0.05) is 50.2 Å². The van der Waals surface area contributed by atoms with E-state index >= 15 is 0 Å². The number of H-pyrrole nitrogens is 1. The summed E-state index contributed by atoms with van der Waals surface area (Å²) in [7, 11) is 0. The Bertz CT molecular complexity index is 1110. The second-order valence-electron chi connectivity index (χ2n) is 7.33. The van der Waals surface area contributed by atoms with Gasteiger partial charge in [-0.3, -0.25) is 14.4 Å². The second-order valence-corrected chi connectivity index (χ2v) is 8.27. The molecule has 0 radical (unpaired) electrons. The molecule has 9 heteroatoms. The fraction of sp³-hybridized carbons (Fsp3) is 0.273. The van der Waals surface area contributed by atoms with E-state index in [0.717, 1.165) is 16.3 Å². The van der Waals surface area contributed by atoms with Crippen molar-refractivity contribution < 1.29 is 14.0 Å². The molecule has 1 aromatic carbocycles. The van der Waals surface area contributed by atoms with Gasteiger partial charge in [-0.05, 0) is 23.8 Å². The van der Waals surface area contributed by atoms with Crippen LogP contribution in [-0.4, -0.2) is 57.8 Å². The molecule has 1 aliphatic rings. The Morgan fingerprint density at radius 3 is 2.42 bits per heavy atom. The molecule has 2 amide bonds. The molecule has 31 heavy (non-hydrogen) atoms. The molecule has 7 nitrogen and oxygen atoms in total. The zero-order valence-corrected chi connectivity index (χ0v) is 17.5. The maximum atomic E-state index is 13.0. The zero-order valence-electron chi connectivity index (χ0n) is 16.7. The third-order valence-electron chi connectivity index (χ3n) is 5.15. The maximum Gasteiger partial charge on any atom is 0.255 e. The molecular weight excluding hydrogens is 419 g/mol. The lowest BCUT2D eigenvalue weighted by Gasteiger charge is -2.34. The molecule has 0 spiro atoms. The van der Waals surface area contributed by atoms with E-state index in [1.54, 1.807) is 21.9 Å². The highest BCUT2D eigenvalue weighted by Gasteiger charge is 2.25. The summed E-state index contributed by atoms with van der Waals surface area (Å²) in [5.41, 5.74) is 1.86. The lowest BCUT2D eigenvalue weighted by Crippen LogP contribution is -2.51. The van der Waals surface area contributed by atoms with Crippen LogP contribution < -0.4 is 5.56 Å². The summed E-state index contributed by atoms with van der Waals surface area (Å²) in [4.78, 5) is 46.8. The lowest BCUT2D eigenvalue weighted by molar-refractivity contribution is -0.132. The Morgan fingerprint density at radius 1 is 1.03 bits per heavy atom. The van der Waals surface area contributed by atoms with Gasteiger partial charge in [-0.2, -0.15) is 0 Å². The maximum absolute atomic E-state index is 13.0. The van der Waals surface area contributed by atoms with Crippen LogP contribution in [-0.2, 0) is 17.6 Å². The number of pyridine rings is 1. The van der Waals surface area contributed by atoms with E-state index in [0.29, 0.717) is 38.2 Å².